The van der Waals surface area contributed by atoms with Gasteiger partial charge < -0.3 is 0 Å². The Hall–Kier alpha value is -2.16. The zero-order chi connectivity index (χ0) is 27.4. The molecule has 0 aliphatic heterocycles. The summed E-state index contributed by atoms with van der Waals surface area (Å²) in [6.45, 7) is 13.9. The lowest BCUT2D eigenvalue weighted by Crippen LogP contribution is -2.12. The van der Waals surface area contributed by atoms with Gasteiger partial charge in [0.05, 0.1) is 11.7 Å². The van der Waals surface area contributed by atoms with E-state index < -0.39 is 0 Å². The van der Waals surface area contributed by atoms with Crippen LogP contribution in [0.1, 0.15) is 64.1 Å². The zero-order valence-electron chi connectivity index (χ0n) is 23.1. The lowest BCUT2D eigenvalue weighted by molar-refractivity contribution is 0.517. The van der Waals surface area contributed by atoms with Gasteiger partial charge in [0.15, 0.2) is 0 Å². The molecular formula is C32H32N2S5. The SMILES string of the molecule is CCC(C)(C)c1ccc(-c2ccc(-c3ccc(-c4ccc(-c5ccc(C(C)(C)CC)s5)s4)c4nsnc34)s2)s1. The summed E-state index contributed by atoms with van der Waals surface area (Å²) in [5.74, 6) is 0. The third-order valence-electron chi connectivity index (χ3n) is 7.96. The fourth-order valence-electron chi connectivity index (χ4n) is 4.51. The van der Waals surface area contributed by atoms with E-state index in [9.17, 15) is 0 Å². The molecule has 0 aliphatic carbocycles. The quantitative estimate of drug-likeness (QED) is 0.173. The molecule has 0 saturated heterocycles. The fourth-order valence-corrected chi connectivity index (χ4v) is 9.69. The maximum absolute atomic E-state index is 4.76. The van der Waals surface area contributed by atoms with E-state index in [1.54, 1.807) is 0 Å². The maximum atomic E-state index is 4.76. The molecule has 5 heterocycles. The van der Waals surface area contributed by atoms with Gasteiger partial charge in [-0.3, -0.25) is 0 Å². The summed E-state index contributed by atoms with van der Waals surface area (Å²) in [5.41, 5.74) is 4.79. The van der Waals surface area contributed by atoms with Crippen LogP contribution in [0.4, 0.5) is 0 Å². The monoisotopic (exact) mass is 604 g/mol. The molecule has 39 heavy (non-hydrogen) atoms. The van der Waals surface area contributed by atoms with E-state index >= 15 is 0 Å². The summed E-state index contributed by atoms with van der Waals surface area (Å²) in [5, 5.41) is 0. The third kappa shape index (κ3) is 4.97. The van der Waals surface area contributed by atoms with Crippen molar-refractivity contribution in [1.29, 1.82) is 0 Å². The van der Waals surface area contributed by atoms with E-state index in [-0.39, 0.29) is 10.8 Å². The molecule has 0 radical (unpaired) electrons. The summed E-state index contributed by atoms with van der Waals surface area (Å²) >= 11 is 8.85. The van der Waals surface area contributed by atoms with Crippen molar-refractivity contribution < 1.29 is 0 Å². The molecule has 2 nitrogen and oxygen atoms in total. The minimum atomic E-state index is 0.219. The van der Waals surface area contributed by atoms with Gasteiger partial charge in [0.2, 0.25) is 0 Å². The highest BCUT2D eigenvalue weighted by atomic mass is 32.1. The van der Waals surface area contributed by atoms with Crippen molar-refractivity contribution in [3.63, 3.8) is 0 Å². The molecule has 6 aromatic rings. The molecule has 0 saturated carbocycles. The molecule has 0 atom stereocenters. The largest absolute Gasteiger partial charge is 0.172 e. The van der Waals surface area contributed by atoms with Crippen LogP contribution in [0.5, 0.6) is 0 Å². The second kappa shape index (κ2) is 10.3. The van der Waals surface area contributed by atoms with E-state index in [2.05, 4.69) is 102 Å². The second-order valence-corrected chi connectivity index (χ2v) is 16.1. The van der Waals surface area contributed by atoms with E-state index in [1.165, 1.54) is 61.9 Å². The first kappa shape index (κ1) is 27.0. The highest BCUT2D eigenvalue weighted by molar-refractivity contribution is 7.24. The molecule has 0 spiro atoms. The number of rotatable bonds is 8. The fraction of sp³-hybridized carbons (Fsp3) is 0.312. The first-order valence-electron chi connectivity index (χ1n) is 13.4. The third-order valence-corrected chi connectivity index (χ3v) is 14.0. The van der Waals surface area contributed by atoms with Gasteiger partial charge in [-0.1, -0.05) is 53.7 Å². The topological polar surface area (TPSA) is 25.8 Å². The highest BCUT2D eigenvalue weighted by Gasteiger charge is 2.23. The number of benzene rings is 1. The van der Waals surface area contributed by atoms with Crippen molar-refractivity contribution >= 4 is 68.1 Å². The highest BCUT2D eigenvalue weighted by Crippen LogP contribution is 2.45. The minimum Gasteiger partial charge on any atom is -0.172 e. The van der Waals surface area contributed by atoms with E-state index in [0.717, 1.165) is 23.9 Å². The Morgan fingerprint density at radius 1 is 0.487 bits per heavy atom. The predicted octanol–water partition coefficient (Wildman–Crippen LogP) is 12.0. The Kier molecular flexibility index (Phi) is 7.17. The standard InChI is InChI=1S/C32H32N2S5/c1-7-31(3,4)27-17-15-25(37-27)23-13-11-21(35-23)19-9-10-20(30-29(19)33-39-34-30)22-12-14-24(36-22)26-16-18-28(38-26)32(5,6)8-2/h9-18H,7-8H2,1-6H3. The molecule has 1 aromatic carbocycles. The van der Waals surface area contributed by atoms with E-state index in [1.807, 2.05) is 45.3 Å². The Morgan fingerprint density at radius 3 is 1.26 bits per heavy atom. The summed E-state index contributed by atoms with van der Waals surface area (Å²) in [6, 6.07) is 22.6. The molecule has 0 bridgehead atoms. The molecule has 0 N–H and O–H groups in total. The van der Waals surface area contributed by atoms with Gasteiger partial charge in [0.1, 0.15) is 11.0 Å². The number of hydrogen-bond acceptors (Lipinski definition) is 7. The summed E-state index contributed by atoms with van der Waals surface area (Å²) in [4.78, 5) is 10.7. The number of nitrogens with zero attached hydrogens (tertiary/aromatic N) is 2. The van der Waals surface area contributed by atoms with Crippen molar-refractivity contribution in [1.82, 2.24) is 8.75 Å². The minimum absolute atomic E-state index is 0.219. The van der Waals surface area contributed by atoms with Crippen LogP contribution in [0.3, 0.4) is 0 Å². The lowest BCUT2D eigenvalue weighted by atomic mass is 9.89. The average Bonchev–Trinajstić information content (AvgIpc) is 3.74. The van der Waals surface area contributed by atoms with Crippen LogP contribution in [0, 0.1) is 0 Å². The molecular weight excluding hydrogens is 573 g/mol. The Labute approximate surface area is 251 Å². The van der Waals surface area contributed by atoms with Gasteiger partial charge in [-0.25, -0.2) is 0 Å². The molecule has 0 amide bonds. The molecule has 200 valence electrons. The normalized spacial score (nSPS) is 12.6. The molecule has 7 heteroatoms. The summed E-state index contributed by atoms with van der Waals surface area (Å²) < 4.78 is 9.52. The van der Waals surface area contributed by atoms with Crippen LogP contribution in [0.15, 0.2) is 60.7 Å². The van der Waals surface area contributed by atoms with Crippen LogP contribution in [0.25, 0.3) is 51.4 Å². The maximum Gasteiger partial charge on any atom is 0.114 e. The van der Waals surface area contributed by atoms with Crippen molar-refractivity contribution in [2.75, 3.05) is 0 Å². The second-order valence-electron chi connectivity index (χ2n) is 11.3. The average molecular weight is 605 g/mol. The van der Waals surface area contributed by atoms with Crippen molar-refractivity contribution in [3.05, 3.63) is 70.4 Å². The van der Waals surface area contributed by atoms with Gasteiger partial charge in [-0.2, -0.15) is 8.75 Å². The smallest absolute Gasteiger partial charge is 0.114 e. The van der Waals surface area contributed by atoms with Gasteiger partial charge in [-0.05, 0) is 72.2 Å². The van der Waals surface area contributed by atoms with Crippen LogP contribution in [-0.4, -0.2) is 8.75 Å². The number of hydrogen-bond donors (Lipinski definition) is 0. The summed E-state index contributed by atoms with van der Waals surface area (Å²) in [6.07, 6.45) is 2.28. The van der Waals surface area contributed by atoms with Gasteiger partial charge >= 0.3 is 0 Å². The molecule has 0 aliphatic rings. The van der Waals surface area contributed by atoms with Gasteiger partial charge in [0.25, 0.3) is 0 Å². The number of fused-ring (bicyclic) bond motifs is 1. The zero-order valence-corrected chi connectivity index (χ0v) is 27.2. The summed E-state index contributed by atoms with van der Waals surface area (Å²) in [7, 11) is 0. The van der Waals surface area contributed by atoms with Crippen LogP contribution in [0.2, 0.25) is 0 Å². The van der Waals surface area contributed by atoms with Crippen molar-refractivity contribution in [3.8, 4) is 40.4 Å². The van der Waals surface area contributed by atoms with Crippen molar-refractivity contribution in [2.45, 2.75) is 65.2 Å². The van der Waals surface area contributed by atoms with Crippen LogP contribution < -0.4 is 0 Å². The molecule has 5 aromatic heterocycles. The number of thiophene rings is 4. The van der Waals surface area contributed by atoms with Crippen LogP contribution >= 0.6 is 57.1 Å². The van der Waals surface area contributed by atoms with Gasteiger partial charge in [-0.15, -0.1) is 45.3 Å². The van der Waals surface area contributed by atoms with Gasteiger partial charge in [0, 0.05) is 50.1 Å². The van der Waals surface area contributed by atoms with Crippen molar-refractivity contribution in [2.24, 2.45) is 0 Å². The Morgan fingerprint density at radius 2 is 0.846 bits per heavy atom. The molecule has 6 rings (SSSR count). The number of aromatic nitrogens is 2. The lowest BCUT2D eigenvalue weighted by Gasteiger charge is -2.20. The predicted molar refractivity (Wildman–Crippen MR) is 177 cm³/mol. The Bertz CT molecular complexity index is 1630. The van der Waals surface area contributed by atoms with E-state index in [0.29, 0.717) is 0 Å². The van der Waals surface area contributed by atoms with Crippen LogP contribution in [-0.2, 0) is 10.8 Å². The molecule has 0 fully saturated rings. The van der Waals surface area contributed by atoms with E-state index in [4.69, 9.17) is 8.75 Å². The first-order valence-corrected chi connectivity index (χ1v) is 17.4. The molecule has 0 unspecified atom stereocenters. The first-order chi connectivity index (χ1) is 18.7. The Balaban J connectivity index is 1.31.